The Hall–Kier alpha value is -1.28. The summed E-state index contributed by atoms with van der Waals surface area (Å²) in [5.74, 6) is 0. The molecule has 0 N–H and O–H groups in total. The van der Waals surface area contributed by atoms with Crippen molar-refractivity contribution in [1.29, 1.82) is 0 Å². The number of epoxide rings is 1. The zero-order valence-corrected chi connectivity index (χ0v) is 8.28. The molecule has 0 aromatic carbocycles. The van der Waals surface area contributed by atoms with Crippen molar-refractivity contribution < 1.29 is 4.74 Å². The van der Waals surface area contributed by atoms with E-state index in [4.69, 9.17) is 4.74 Å². The monoisotopic (exact) mass is 203 g/mol. The van der Waals surface area contributed by atoms with Crippen LogP contribution in [0.15, 0.2) is 53.1 Å². The summed E-state index contributed by atoms with van der Waals surface area (Å²) in [5, 5.41) is 2.33. The van der Waals surface area contributed by atoms with Gasteiger partial charge >= 0.3 is 0 Å². The van der Waals surface area contributed by atoms with Gasteiger partial charge in [-0.05, 0) is 17.8 Å². The first-order valence-corrected chi connectivity index (χ1v) is 4.76. The third kappa shape index (κ3) is 2.15. The van der Waals surface area contributed by atoms with Gasteiger partial charge in [0.15, 0.2) is 6.23 Å². The van der Waals surface area contributed by atoms with E-state index >= 15 is 0 Å². The molecule has 70 valence electrons. The molecule has 0 amide bonds. The lowest BCUT2D eigenvalue weighted by Crippen LogP contribution is -1.93. The smallest absolute Gasteiger partial charge is 0.189 e. The van der Waals surface area contributed by atoms with Gasteiger partial charge < -0.3 is 4.74 Å². The largest absolute Gasteiger partial charge is 0.340 e. The highest BCUT2D eigenvalue weighted by atomic mass is 32.1. The lowest BCUT2D eigenvalue weighted by molar-refractivity contribution is 0.392. The lowest BCUT2D eigenvalue weighted by atomic mass is 10.1. The summed E-state index contributed by atoms with van der Waals surface area (Å²) >= 11 is 4.51. The minimum atomic E-state index is -0.125. The third-order valence-corrected chi connectivity index (χ3v) is 2.10. The van der Waals surface area contributed by atoms with Crippen LogP contribution in [0.2, 0.25) is 0 Å². The molecule has 0 saturated carbocycles. The maximum absolute atomic E-state index is 5.32. The molecule has 2 aliphatic rings. The van der Waals surface area contributed by atoms with E-state index in [0.717, 1.165) is 5.57 Å². The zero-order chi connectivity index (χ0) is 9.80. The molecule has 1 fully saturated rings. The highest BCUT2D eigenvalue weighted by Gasteiger charge is 2.40. The second-order valence-electron chi connectivity index (χ2n) is 2.96. The normalized spacial score (nSPS) is 28.7. The number of isothiocyanates is 1. The molecule has 2 nitrogen and oxygen atoms in total. The molecule has 0 aromatic rings. The van der Waals surface area contributed by atoms with Crippen LogP contribution in [0.5, 0.6) is 0 Å². The van der Waals surface area contributed by atoms with Crippen molar-refractivity contribution in [3.63, 3.8) is 0 Å². The van der Waals surface area contributed by atoms with Crippen molar-refractivity contribution in [2.24, 2.45) is 4.99 Å². The van der Waals surface area contributed by atoms with E-state index in [0.29, 0.717) is 0 Å². The Kier molecular flexibility index (Phi) is 2.84. The Bertz CT molecular complexity index is 386. The van der Waals surface area contributed by atoms with Crippen LogP contribution in [-0.2, 0) is 4.74 Å². The number of nitrogens with zero attached hydrogens (tertiary/aromatic N) is 1. The van der Waals surface area contributed by atoms with Gasteiger partial charge in [0.25, 0.3) is 0 Å². The summed E-state index contributed by atoms with van der Waals surface area (Å²) in [4.78, 5) is 3.87. The number of rotatable bonds is 2. The minimum Gasteiger partial charge on any atom is -0.340 e. The fourth-order valence-electron chi connectivity index (χ4n) is 1.27. The van der Waals surface area contributed by atoms with Crippen LogP contribution in [0, 0.1) is 0 Å². The summed E-state index contributed by atoms with van der Waals surface area (Å²) in [7, 11) is 0. The molecular weight excluding hydrogens is 194 g/mol. The Labute approximate surface area is 88.0 Å². The van der Waals surface area contributed by atoms with Crippen molar-refractivity contribution in [2.45, 2.75) is 12.3 Å². The molecule has 1 aliphatic carbocycles. The average molecular weight is 203 g/mol. The Morgan fingerprint density at radius 1 is 1.21 bits per heavy atom. The average Bonchev–Trinajstić information content (AvgIpc) is 2.84. The van der Waals surface area contributed by atoms with Crippen molar-refractivity contribution in [3.8, 4) is 0 Å². The summed E-state index contributed by atoms with van der Waals surface area (Å²) in [6.45, 7) is 0. The zero-order valence-electron chi connectivity index (χ0n) is 7.46. The van der Waals surface area contributed by atoms with Gasteiger partial charge in [-0.15, -0.1) is 0 Å². The Balaban J connectivity index is 2.08. The van der Waals surface area contributed by atoms with Gasteiger partial charge in [0.2, 0.25) is 0 Å². The highest BCUT2D eigenvalue weighted by molar-refractivity contribution is 7.78. The minimum absolute atomic E-state index is 0.0536. The van der Waals surface area contributed by atoms with Crippen molar-refractivity contribution in [2.75, 3.05) is 0 Å². The molecule has 14 heavy (non-hydrogen) atoms. The molecule has 2 atom stereocenters. The standard InChI is InChI=1S/C11H9NOS/c14-8-12-11-10(13-11)9-6-4-2-1-3-5-7-9/h1-7,10-11H. The Morgan fingerprint density at radius 3 is 2.86 bits per heavy atom. The topological polar surface area (TPSA) is 24.9 Å². The number of thiocarbonyl (C=S) groups is 1. The van der Waals surface area contributed by atoms with Crippen LogP contribution in [0.25, 0.3) is 0 Å². The summed E-state index contributed by atoms with van der Waals surface area (Å²) < 4.78 is 5.32. The predicted octanol–water partition coefficient (Wildman–Crippen LogP) is 2.42. The van der Waals surface area contributed by atoms with Gasteiger partial charge in [0.1, 0.15) is 6.10 Å². The molecule has 1 aliphatic heterocycles. The van der Waals surface area contributed by atoms with E-state index in [1.165, 1.54) is 0 Å². The number of allylic oxidation sites excluding steroid dienone is 6. The van der Waals surface area contributed by atoms with Gasteiger partial charge in [-0.2, -0.15) is 4.99 Å². The fraction of sp³-hybridized carbons (Fsp3) is 0.182. The van der Waals surface area contributed by atoms with Crippen molar-refractivity contribution in [3.05, 3.63) is 48.1 Å². The molecule has 0 spiro atoms. The highest BCUT2D eigenvalue weighted by Crippen LogP contribution is 2.31. The molecule has 3 heteroatoms. The van der Waals surface area contributed by atoms with Crippen LogP contribution in [0.4, 0.5) is 0 Å². The molecule has 2 rings (SSSR count). The first-order chi connectivity index (χ1) is 6.92. The third-order valence-electron chi connectivity index (χ3n) is 2.00. The van der Waals surface area contributed by atoms with Crippen LogP contribution < -0.4 is 0 Å². The van der Waals surface area contributed by atoms with Gasteiger partial charge in [-0.1, -0.05) is 42.5 Å². The van der Waals surface area contributed by atoms with E-state index in [-0.39, 0.29) is 12.3 Å². The Morgan fingerprint density at radius 2 is 2.00 bits per heavy atom. The lowest BCUT2D eigenvalue weighted by Gasteiger charge is -1.94. The molecule has 0 radical (unpaired) electrons. The van der Waals surface area contributed by atoms with E-state index in [1.54, 1.807) is 0 Å². The van der Waals surface area contributed by atoms with Crippen LogP contribution in [-0.4, -0.2) is 17.5 Å². The fourth-order valence-corrected chi connectivity index (χ4v) is 1.37. The number of hydrogen-bond donors (Lipinski definition) is 0. The second-order valence-corrected chi connectivity index (χ2v) is 3.15. The SMILES string of the molecule is S=C=NC1OC1C1=CC=CC=CC=C1. The molecule has 2 unspecified atom stereocenters. The maximum atomic E-state index is 5.32. The van der Waals surface area contributed by atoms with E-state index in [9.17, 15) is 0 Å². The summed E-state index contributed by atoms with van der Waals surface area (Å²) in [5.41, 5.74) is 1.12. The van der Waals surface area contributed by atoms with Crippen LogP contribution in [0.1, 0.15) is 0 Å². The molecule has 1 saturated heterocycles. The number of hydrogen-bond acceptors (Lipinski definition) is 3. The van der Waals surface area contributed by atoms with Crippen molar-refractivity contribution >= 4 is 17.4 Å². The van der Waals surface area contributed by atoms with E-state index in [2.05, 4.69) is 22.4 Å². The van der Waals surface area contributed by atoms with Crippen molar-refractivity contribution in [1.82, 2.24) is 0 Å². The van der Waals surface area contributed by atoms with Gasteiger partial charge in [0.05, 0.1) is 5.16 Å². The molecule has 0 aromatic heterocycles. The van der Waals surface area contributed by atoms with Gasteiger partial charge in [0, 0.05) is 0 Å². The van der Waals surface area contributed by atoms with E-state index in [1.807, 2.05) is 42.5 Å². The number of ether oxygens (including phenoxy) is 1. The first-order valence-electron chi connectivity index (χ1n) is 4.36. The van der Waals surface area contributed by atoms with Gasteiger partial charge in [-0.25, -0.2) is 0 Å². The molecule has 0 bridgehead atoms. The van der Waals surface area contributed by atoms with Gasteiger partial charge in [-0.3, -0.25) is 0 Å². The quantitative estimate of drug-likeness (QED) is 0.391. The maximum Gasteiger partial charge on any atom is 0.189 e. The second kappa shape index (κ2) is 4.29. The molecular formula is C11H9NOS. The summed E-state index contributed by atoms with van der Waals surface area (Å²) in [6, 6.07) is 0. The van der Waals surface area contributed by atoms with Crippen LogP contribution >= 0.6 is 12.2 Å². The molecule has 1 heterocycles. The summed E-state index contributed by atoms with van der Waals surface area (Å²) in [6.07, 6.45) is 13.9. The first kappa shape index (κ1) is 9.28. The van der Waals surface area contributed by atoms with E-state index < -0.39 is 0 Å². The van der Waals surface area contributed by atoms with Crippen LogP contribution in [0.3, 0.4) is 0 Å². The predicted molar refractivity (Wildman–Crippen MR) is 59.2 cm³/mol. The number of aliphatic imine (C=N–C) groups is 1.